The molecule has 1 aromatic carbocycles. The standard InChI is InChI=1S/C20H18N2O2S/c21-20(23)19-12-14-3-1-6-17(18(11-14)25-19)15-4-2-5-16(13-15)22-7-9-24-10-8-22/h1-7,9,11-14H,8,10H2,(H2,21,23). The number of hydrogen-bond acceptors (Lipinski definition) is 4. The van der Waals surface area contributed by atoms with Crippen LogP contribution in [0, 0.1) is 5.92 Å². The summed E-state index contributed by atoms with van der Waals surface area (Å²) in [5.41, 5.74) is 8.85. The maximum Gasteiger partial charge on any atom is 0.255 e. The molecule has 1 atom stereocenters. The van der Waals surface area contributed by atoms with E-state index in [0.29, 0.717) is 11.5 Å². The van der Waals surface area contributed by atoms with Gasteiger partial charge < -0.3 is 15.4 Å². The minimum atomic E-state index is -0.373. The fourth-order valence-corrected chi connectivity index (χ4v) is 4.13. The molecule has 126 valence electrons. The van der Waals surface area contributed by atoms with Crippen LogP contribution >= 0.6 is 11.8 Å². The summed E-state index contributed by atoms with van der Waals surface area (Å²) < 4.78 is 5.27. The second kappa shape index (κ2) is 6.69. The van der Waals surface area contributed by atoms with Crippen molar-refractivity contribution < 1.29 is 9.53 Å². The number of rotatable bonds is 3. The molecule has 1 aromatic rings. The van der Waals surface area contributed by atoms with Crippen LogP contribution in [0.1, 0.15) is 5.56 Å². The lowest BCUT2D eigenvalue weighted by atomic mass is 10.0. The molecule has 1 unspecified atom stereocenters. The van der Waals surface area contributed by atoms with Gasteiger partial charge in [-0.15, -0.1) is 0 Å². The Kier molecular flexibility index (Phi) is 4.24. The van der Waals surface area contributed by atoms with Gasteiger partial charge in [-0.1, -0.05) is 54.3 Å². The summed E-state index contributed by atoms with van der Waals surface area (Å²) in [7, 11) is 0. The molecule has 4 rings (SSSR count). The molecule has 2 bridgehead atoms. The minimum absolute atomic E-state index is 0.109. The number of amides is 1. The summed E-state index contributed by atoms with van der Waals surface area (Å²) in [4.78, 5) is 15.5. The minimum Gasteiger partial charge on any atom is -0.498 e. The van der Waals surface area contributed by atoms with E-state index in [1.807, 2.05) is 18.4 Å². The molecule has 5 heteroatoms. The molecule has 1 aliphatic carbocycles. The smallest absolute Gasteiger partial charge is 0.255 e. The first kappa shape index (κ1) is 15.8. The first-order chi connectivity index (χ1) is 12.2. The van der Waals surface area contributed by atoms with E-state index in [9.17, 15) is 4.79 Å². The Hall–Kier alpha value is -2.66. The van der Waals surface area contributed by atoms with E-state index in [2.05, 4.69) is 47.4 Å². The number of fused-ring (bicyclic) bond motifs is 1. The van der Waals surface area contributed by atoms with Crippen LogP contribution in [0.5, 0.6) is 0 Å². The average molecular weight is 350 g/mol. The highest BCUT2D eigenvalue weighted by molar-refractivity contribution is 8.08. The van der Waals surface area contributed by atoms with Crippen molar-refractivity contribution in [3.8, 4) is 0 Å². The number of hydrogen-bond donors (Lipinski definition) is 1. The van der Waals surface area contributed by atoms with E-state index in [1.165, 1.54) is 11.8 Å². The molecule has 0 saturated carbocycles. The summed E-state index contributed by atoms with van der Waals surface area (Å²) in [6, 6.07) is 8.41. The van der Waals surface area contributed by atoms with Crippen LogP contribution in [0.4, 0.5) is 5.69 Å². The van der Waals surface area contributed by atoms with Gasteiger partial charge >= 0.3 is 0 Å². The number of nitrogens with two attached hydrogens (primary N) is 1. The van der Waals surface area contributed by atoms with Crippen molar-refractivity contribution in [1.29, 1.82) is 0 Å². The predicted octanol–water partition coefficient (Wildman–Crippen LogP) is 3.56. The van der Waals surface area contributed by atoms with Crippen LogP contribution in [0.15, 0.2) is 76.9 Å². The van der Waals surface area contributed by atoms with E-state index in [-0.39, 0.29) is 11.8 Å². The van der Waals surface area contributed by atoms with Gasteiger partial charge in [-0.05, 0) is 23.3 Å². The summed E-state index contributed by atoms with van der Waals surface area (Å²) in [6.07, 6.45) is 14.0. The van der Waals surface area contributed by atoms with E-state index in [4.69, 9.17) is 10.5 Å². The number of primary amides is 1. The topological polar surface area (TPSA) is 55.6 Å². The van der Waals surface area contributed by atoms with Gasteiger partial charge in [0.1, 0.15) is 6.61 Å². The van der Waals surface area contributed by atoms with Gasteiger partial charge in [0.05, 0.1) is 17.7 Å². The summed E-state index contributed by atoms with van der Waals surface area (Å²) in [5, 5.41) is 0. The van der Waals surface area contributed by atoms with Crippen molar-refractivity contribution in [2.45, 2.75) is 0 Å². The normalized spacial score (nSPS) is 21.7. The molecule has 0 fully saturated rings. The highest BCUT2D eigenvalue weighted by Crippen LogP contribution is 2.43. The van der Waals surface area contributed by atoms with Crippen molar-refractivity contribution >= 4 is 28.9 Å². The molecule has 2 N–H and O–H groups in total. The Labute approximate surface area is 151 Å². The molecule has 0 saturated heterocycles. The molecule has 4 nitrogen and oxygen atoms in total. The largest absolute Gasteiger partial charge is 0.498 e. The number of carbonyl (C=O) groups excluding carboxylic acids is 1. The summed E-state index contributed by atoms with van der Waals surface area (Å²) in [6.45, 7) is 1.51. The van der Waals surface area contributed by atoms with Crippen molar-refractivity contribution in [1.82, 2.24) is 0 Å². The average Bonchev–Trinajstić information content (AvgIpc) is 2.80. The van der Waals surface area contributed by atoms with Crippen LogP contribution in [-0.2, 0) is 9.53 Å². The fourth-order valence-electron chi connectivity index (χ4n) is 3.05. The number of thioether (sulfide) groups is 1. The van der Waals surface area contributed by atoms with Crippen molar-refractivity contribution in [3.05, 3.63) is 82.5 Å². The van der Waals surface area contributed by atoms with E-state index in [0.717, 1.165) is 28.3 Å². The molecule has 0 aromatic heterocycles. The van der Waals surface area contributed by atoms with E-state index < -0.39 is 0 Å². The van der Waals surface area contributed by atoms with E-state index >= 15 is 0 Å². The second-order valence-electron chi connectivity index (χ2n) is 5.97. The SMILES string of the molecule is NC(=O)C1=CC2C=CC=C(c3cccc(N4C=COCC4)c3)C(=C2)S1. The van der Waals surface area contributed by atoms with Gasteiger partial charge in [0.25, 0.3) is 5.91 Å². The molecular formula is C20H18N2O2S. The number of ether oxygens (including phenoxy) is 1. The number of anilines is 1. The van der Waals surface area contributed by atoms with Crippen LogP contribution in [-0.4, -0.2) is 19.1 Å². The van der Waals surface area contributed by atoms with Crippen molar-refractivity contribution in [2.75, 3.05) is 18.1 Å². The van der Waals surface area contributed by atoms with E-state index in [1.54, 1.807) is 6.26 Å². The number of nitrogens with zero attached hydrogens (tertiary/aromatic N) is 1. The van der Waals surface area contributed by atoms with Crippen LogP contribution in [0.3, 0.4) is 0 Å². The zero-order valence-electron chi connectivity index (χ0n) is 13.6. The number of benzene rings is 1. The maximum absolute atomic E-state index is 11.6. The zero-order chi connectivity index (χ0) is 17.2. The molecule has 25 heavy (non-hydrogen) atoms. The van der Waals surface area contributed by atoms with Gasteiger partial charge in [0.2, 0.25) is 0 Å². The number of carbonyl (C=O) groups is 1. The Bertz CT molecular complexity index is 864. The first-order valence-electron chi connectivity index (χ1n) is 8.16. The van der Waals surface area contributed by atoms with Gasteiger partial charge in [0, 0.05) is 22.7 Å². The molecular weight excluding hydrogens is 332 g/mol. The van der Waals surface area contributed by atoms with Gasteiger partial charge in [-0.25, -0.2) is 0 Å². The van der Waals surface area contributed by atoms with Gasteiger partial charge in [0.15, 0.2) is 0 Å². The third-order valence-electron chi connectivity index (χ3n) is 4.29. The summed E-state index contributed by atoms with van der Waals surface area (Å²) >= 11 is 1.44. The molecule has 0 radical (unpaired) electrons. The van der Waals surface area contributed by atoms with Gasteiger partial charge in [-0.2, -0.15) is 0 Å². The lowest BCUT2D eigenvalue weighted by Crippen LogP contribution is -2.24. The van der Waals surface area contributed by atoms with Crippen LogP contribution in [0.2, 0.25) is 0 Å². The molecule has 2 aliphatic heterocycles. The molecule has 0 spiro atoms. The Morgan fingerprint density at radius 3 is 3.04 bits per heavy atom. The first-order valence-corrected chi connectivity index (χ1v) is 8.98. The zero-order valence-corrected chi connectivity index (χ0v) is 14.4. The quantitative estimate of drug-likeness (QED) is 0.905. The monoisotopic (exact) mass is 350 g/mol. The Morgan fingerprint density at radius 2 is 2.24 bits per heavy atom. The van der Waals surface area contributed by atoms with Crippen molar-refractivity contribution in [3.63, 3.8) is 0 Å². The van der Waals surface area contributed by atoms with Gasteiger partial charge in [-0.3, -0.25) is 4.79 Å². The molecule has 3 aliphatic rings. The third kappa shape index (κ3) is 3.28. The predicted molar refractivity (Wildman–Crippen MR) is 102 cm³/mol. The van der Waals surface area contributed by atoms with Crippen LogP contribution < -0.4 is 10.6 Å². The molecule has 2 heterocycles. The molecule has 1 amide bonds. The van der Waals surface area contributed by atoms with Crippen LogP contribution in [0.25, 0.3) is 5.57 Å². The second-order valence-corrected chi connectivity index (χ2v) is 7.05. The highest BCUT2D eigenvalue weighted by atomic mass is 32.2. The Balaban J connectivity index is 1.68. The lowest BCUT2D eigenvalue weighted by Gasteiger charge is -2.24. The number of allylic oxidation sites excluding steroid dienone is 6. The summed E-state index contributed by atoms with van der Waals surface area (Å²) in [5.74, 6) is -0.264. The highest BCUT2D eigenvalue weighted by Gasteiger charge is 2.22. The maximum atomic E-state index is 11.6. The lowest BCUT2D eigenvalue weighted by molar-refractivity contribution is -0.113. The van der Waals surface area contributed by atoms with Crippen molar-refractivity contribution in [2.24, 2.45) is 11.7 Å². The Morgan fingerprint density at radius 1 is 1.32 bits per heavy atom. The third-order valence-corrected chi connectivity index (χ3v) is 5.42. The fraction of sp³-hybridized carbons (Fsp3) is 0.150.